The average Bonchev–Trinajstić information content (AvgIpc) is 2.50. The molecule has 3 nitrogen and oxygen atoms in total. The zero-order valence-electron chi connectivity index (χ0n) is 6.16. The Hall–Kier alpha value is -1.51. The number of nitrogens with one attached hydrogen (secondary N) is 1. The zero-order valence-corrected chi connectivity index (χ0v) is 6.16. The highest BCUT2D eigenvalue weighted by Crippen LogP contribution is 2.17. The van der Waals surface area contributed by atoms with E-state index in [1.54, 1.807) is 13.3 Å². The lowest BCUT2D eigenvalue weighted by Crippen LogP contribution is -1.80. The van der Waals surface area contributed by atoms with Crippen LogP contribution in [0.5, 0.6) is 5.75 Å². The lowest BCUT2D eigenvalue weighted by atomic mass is 10.2. The Morgan fingerprint density at radius 1 is 1.45 bits per heavy atom. The molecular formula is C8H8N2O. The molecule has 1 N–H and O–H groups in total. The van der Waals surface area contributed by atoms with Gasteiger partial charge in [0, 0.05) is 11.5 Å². The molecule has 1 aromatic heterocycles. The maximum atomic E-state index is 5.04. The first-order valence-electron chi connectivity index (χ1n) is 3.37. The minimum Gasteiger partial charge on any atom is -0.497 e. The lowest BCUT2D eigenvalue weighted by Gasteiger charge is -1.96. The number of benzene rings is 1. The van der Waals surface area contributed by atoms with Gasteiger partial charge in [0.05, 0.1) is 18.8 Å². The SMILES string of the molecule is COc1ccc2cn[nH]c2c1. The van der Waals surface area contributed by atoms with E-state index in [2.05, 4.69) is 10.2 Å². The van der Waals surface area contributed by atoms with Gasteiger partial charge >= 0.3 is 0 Å². The minimum absolute atomic E-state index is 0.849. The molecule has 0 saturated heterocycles. The Kier molecular flexibility index (Phi) is 1.28. The summed E-state index contributed by atoms with van der Waals surface area (Å²) in [5, 5.41) is 7.86. The van der Waals surface area contributed by atoms with Gasteiger partial charge < -0.3 is 4.74 Å². The van der Waals surface area contributed by atoms with E-state index in [-0.39, 0.29) is 0 Å². The summed E-state index contributed by atoms with van der Waals surface area (Å²) >= 11 is 0. The van der Waals surface area contributed by atoms with Crippen LogP contribution in [-0.4, -0.2) is 17.3 Å². The molecule has 0 unspecified atom stereocenters. The van der Waals surface area contributed by atoms with E-state index in [1.165, 1.54) is 0 Å². The van der Waals surface area contributed by atoms with Gasteiger partial charge in [0.2, 0.25) is 0 Å². The van der Waals surface area contributed by atoms with Gasteiger partial charge in [0.1, 0.15) is 5.75 Å². The van der Waals surface area contributed by atoms with E-state index >= 15 is 0 Å². The molecule has 3 heteroatoms. The molecule has 0 radical (unpaired) electrons. The minimum atomic E-state index is 0.849. The number of H-pyrrole nitrogens is 1. The molecule has 11 heavy (non-hydrogen) atoms. The molecule has 0 aliphatic carbocycles. The molecule has 0 fully saturated rings. The average molecular weight is 148 g/mol. The van der Waals surface area contributed by atoms with Crippen molar-refractivity contribution in [3.05, 3.63) is 24.4 Å². The molecule has 0 atom stereocenters. The Balaban J connectivity index is 2.67. The number of aromatic nitrogens is 2. The van der Waals surface area contributed by atoms with Gasteiger partial charge in [-0.3, -0.25) is 5.10 Å². The summed E-state index contributed by atoms with van der Waals surface area (Å²) in [5.41, 5.74) is 1.00. The normalized spacial score (nSPS) is 10.3. The summed E-state index contributed by atoms with van der Waals surface area (Å²) in [6, 6.07) is 5.80. The van der Waals surface area contributed by atoms with Crippen molar-refractivity contribution >= 4 is 10.9 Å². The van der Waals surface area contributed by atoms with Crippen LogP contribution >= 0.6 is 0 Å². The molecular weight excluding hydrogens is 140 g/mol. The number of nitrogens with zero attached hydrogens (tertiary/aromatic N) is 1. The molecule has 1 heterocycles. The number of fused-ring (bicyclic) bond motifs is 1. The van der Waals surface area contributed by atoms with Gasteiger partial charge in [-0.25, -0.2) is 0 Å². The molecule has 1 aromatic carbocycles. The summed E-state index contributed by atoms with van der Waals surface area (Å²) < 4.78 is 5.04. The number of hydrogen-bond acceptors (Lipinski definition) is 2. The summed E-state index contributed by atoms with van der Waals surface area (Å²) in [6.07, 6.45) is 1.79. The Morgan fingerprint density at radius 2 is 2.36 bits per heavy atom. The third kappa shape index (κ3) is 0.941. The van der Waals surface area contributed by atoms with Gasteiger partial charge in [-0.2, -0.15) is 5.10 Å². The summed E-state index contributed by atoms with van der Waals surface area (Å²) in [4.78, 5) is 0. The van der Waals surface area contributed by atoms with Crippen molar-refractivity contribution in [3.8, 4) is 5.75 Å². The first kappa shape index (κ1) is 6.22. The van der Waals surface area contributed by atoms with Crippen LogP contribution in [0.4, 0.5) is 0 Å². The van der Waals surface area contributed by atoms with Crippen LogP contribution in [0.15, 0.2) is 24.4 Å². The quantitative estimate of drug-likeness (QED) is 0.666. The predicted octanol–water partition coefficient (Wildman–Crippen LogP) is 1.57. The van der Waals surface area contributed by atoms with E-state index in [1.807, 2.05) is 18.2 Å². The third-order valence-electron chi connectivity index (χ3n) is 1.65. The maximum absolute atomic E-state index is 5.04. The third-order valence-corrected chi connectivity index (χ3v) is 1.65. The highest BCUT2D eigenvalue weighted by atomic mass is 16.5. The fourth-order valence-electron chi connectivity index (χ4n) is 1.04. The lowest BCUT2D eigenvalue weighted by molar-refractivity contribution is 0.415. The first-order chi connectivity index (χ1) is 5.40. The molecule has 56 valence electrons. The van der Waals surface area contributed by atoms with Crippen LogP contribution in [0.2, 0.25) is 0 Å². The molecule has 0 aliphatic heterocycles. The van der Waals surface area contributed by atoms with Crippen molar-refractivity contribution < 1.29 is 4.74 Å². The van der Waals surface area contributed by atoms with Gasteiger partial charge in [0.15, 0.2) is 0 Å². The standard InChI is InChI=1S/C8H8N2O/c1-11-7-3-2-6-5-9-10-8(6)4-7/h2-5H,1H3,(H,9,10). The highest BCUT2D eigenvalue weighted by Gasteiger charge is 1.95. The van der Waals surface area contributed by atoms with Gasteiger partial charge in [-0.1, -0.05) is 0 Å². The van der Waals surface area contributed by atoms with E-state index in [0.29, 0.717) is 0 Å². The van der Waals surface area contributed by atoms with Crippen molar-refractivity contribution in [2.24, 2.45) is 0 Å². The summed E-state index contributed by atoms with van der Waals surface area (Å²) in [6.45, 7) is 0. The summed E-state index contributed by atoms with van der Waals surface area (Å²) in [7, 11) is 1.65. The van der Waals surface area contributed by atoms with Crippen LogP contribution in [0, 0.1) is 0 Å². The topological polar surface area (TPSA) is 37.9 Å². The smallest absolute Gasteiger partial charge is 0.121 e. The fourth-order valence-corrected chi connectivity index (χ4v) is 1.04. The van der Waals surface area contributed by atoms with Gasteiger partial charge in [-0.05, 0) is 12.1 Å². The van der Waals surface area contributed by atoms with Crippen LogP contribution in [0.1, 0.15) is 0 Å². The largest absolute Gasteiger partial charge is 0.497 e. The Morgan fingerprint density at radius 3 is 3.18 bits per heavy atom. The van der Waals surface area contributed by atoms with E-state index in [4.69, 9.17) is 4.74 Å². The second-order valence-corrected chi connectivity index (χ2v) is 2.32. The van der Waals surface area contributed by atoms with Crippen molar-refractivity contribution in [1.29, 1.82) is 0 Å². The Bertz CT molecular complexity index is 367. The van der Waals surface area contributed by atoms with Crippen LogP contribution < -0.4 is 4.74 Å². The van der Waals surface area contributed by atoms with Gasteiger partial charge in [-0.15, -0.1) is 0 Å². The second-order valence-electron chi connectivity index (χ2n) is 2.32. The molecule has 0 saturated carbocycles. The fraction of sp³-hybridized carbons (Fsp3) is 0.125. The molecule has 2 aromatic rings. The monoisotopic (exact) mass is 148 g/mol. The predicted molar refractivity (Wildman–Crippen MR) is 42.6 cm³/mol. The van der Waals surface area contributed by atoms with Crippen LogP contribution in [-0.2, 0) is 0 Å². The number of methoxy groups -OCH3 is 1. The number of hydrogen-bond donors (Lipinski definition) is 1. The Labute approximate surface area is 64.0 Å². The van der Waals surface area contributed by atoms with Gasteiger partial charge in [0.25, 0.3) is 0 Å². The van der Waals surface area contributed by atoms with Crippen LogP contribution in [0.3, 0.4) is 0 Å². The van der Waals surface area contributed by atoms with E-state index in [0.717, 1.165) is 16.7 Å². The zero-order chi connectivity index (χ0) is 7.68. The highest BCUT2D eigenvalue weighted by molar-refractivity contribution is 5.79. The van der Waals surface area contributed by atoms with E-state index < -0.39 is 0 Å². The van der Waals surface area contributed by atoms with Crippen molar-refractivity contribution in [1.82, 2.24) is 10.2 Å². The number of aromatic amines is 1. The van der Waals surface area contributed by atoms with Crippen LogP contribution in [0.25, 0.3) is 10.9 Å². The maximum Gasteiger partial charge on any atom is 0.121 e. The van der Waals surface area contributed by atoms with Crippen molar-refractivity contribution in [3.63, 3.8) is 0 Å². The molecule has 2 rings (SSSR count). The molecule has 0 aliphatic rings. The molecule has 0 amide bonds. The van der Waals surface area contributed by atoms with Crippen molar-refractivity contribution in [2.75, 3.05) is 7.11 Å². The molecule has 0 bridgehead atoms. The summed E-state index contributed by atoms with van der Waals surface area (Å²) in [5.74, 6) is 0.849. The van der Waals surface area contributed by atoms with Crippen molar-refractivity contribution in [2.45, 2.75) is 0 Å². The molecule has 0 spiro atoms. The number of rotatable bonds is 1. The number of ether oxygens (including phenoxy) is 1. The second kappa shape index (κ2) is 2.27. The van der Waals surface area contributed by atoms with E-state index in [9.17, 15) is 0 Å². The first-order valence-corrected chi connectivity index (χ1v) is 3.37.